The Balaban J connectivity index is 2.06. The molecule has 0 saturated heterocycles. The third-order valence-electron chi connectivity index (χ3n) is 3.44. The van der Waals surface area contributed by atoms with E-state index in [1.165, 1.54) is 0 Å². The summed E-state index contributed by atoms with van der Waals surface area (Å²) in [6.45, 7) is 0. The minimum Gasteiger partial charge on any atom is -0.496 e. The minimum absolute atomic E-state index is 0.336. The number of nitrogens with zero attached hydrogens (tertiary/aromatic N) is 2. The Morgan fingerprint density at radius 2 is 1.62 bits per heavy atom. The lowest BCUT2D eigenvalue weighted by molar-refractivity contribution is 0.348. The molecular weight excluding hydrogens is 376 g/mol. The molecule has 0 radical (unpaired) electrons. The topological polar surface area (TPSA) is 66.6 Å². The standard InChI is InChI=1S/C17H15BrN2O4/c1-21-13-9-15(23-3)14(22-2)8-12(13)17-19-16(20-24-17)10-5-4-6-11(18)7-10/h4-9H,1-3H3. The summed E-state index contributed by atoms with van der Waals surface area (Å²) in [7, 11) is 4.69. The highest BCUT2D eigenvalue weighted by Gasteiger charge is 2.19. The maximum absolute atomic E-state index is 5.41. The summed E-state index contributed by atoms with van der Waals surface area (Å²) in [6.07, 6.45) is 0. The maximum atomic E-state index is 5.41. The van der Waals surface area contributed by atoms with Gasteiger partial charge in [-0.2, -0.15) is 4.98 Å². The van der Waals surface area contributed by atoms with Crippen molar-refractivity contribution in [1.82, 2.24) is 10.1 Å². The van der Waals surface area contributed by atoms with Gasteiger partial charge in [0.2, 0.25) is 5.82 Å². The van der Waals surface area contributed by atoms with Gasteiger partial charge >= 0.3 is 0 Å². The van der Waals surface area contributed by atoms with Crippen LogP contribution >= 0.6 is 15.9 Å². The van der Waals surface area contributed by atoms with Gasteiger partial charge < -0.3 is 18.7 Å². The normalized spacial score (nSPS) is 10.5. The number of hydrogen-bond acceptors (Lipinski definition) is 6. The third kappa shape index (κ3) is 3.07. The molecule has 0 aliphatic rings. The summed E-state index contributed by atoms with van der Waals surface area (Å²) in [5.41, 5.74) is 1.47. The van der Waals surface area contributed by atoms with Crippen molar-refractivity contribution in [3.8, 4) is 40.1 Å². The van der Waals surface area contributed by atoms with Crippen LogP contribution in [0.4, 0.5) is 0 Å². The highest BCUT2D eigenvalue weighted by Crippen LogP contribution is 2.39. The SMILES string of the molecule is COc1cc(OC)c(-c2nc(-c3cccc(Br)c3)no2)cc1OC. The van der Waals surface area contributed by atoms with E-state index in [1.54, 1.807) is 33.5 Å². The second kappa shape index (κ2) is 6.92. The Labute approximate surface area is 147 Å². The highest BCUT2D eigenvalue weighted by molar-refractivity contribution is 9.10. The Kier molecular flexibility index (Phi) is 4.71. The van der Waals surface area contributed by atoms with Crippen LogP contribution in [0.3, 0.4) is 0 Å². The average Bonchev–Trinajstić information content (AvgIpc) is 3.10. The van der Waals surface area contributed by atoms with Crippen LogP contribution in [0.15, 0.2) is 45.4 Å². The Bertz CT molecular complexity index is 864. The van der Waals surface area contributed by atoms with Gasteiger partial charge in [-0.15, -0.1) is 0 Å². The van der Waals surface area contributed by atoms with E-state index in [2.05, 4.69) is 26.1 Å². The van der Waals surface area contributed by atoms with Gasteiger partial charge in [0.25, 0.3) is 5.89 Å². The summed E-state index contributed by atoms with van der Waals surface area (Å²) in [5, 5.41) is 4.04. The lowest BCUT2D eigenvalue weighted by atomic mass is 10.1. The predicted octanol–water partition coefficient (Wildman–Crippen LogP) is 4.19. The molecule has 1 heterocycles. The molecule has 0 atom stereocenters. The molecule has 24 heavy (non-hydrogen) atoms. The summed E-state index contributed by atoms with van der Waals surface area (Å²) in [6, 6.07) is 11.1. The van der Waals surface area contributed by atoms with E-state index in [0.29, 0.717) is 34.5 Å². The van der Waals surface area contributed by atoms with Crippen molar-refractivity contribution in [3.05, 3.63) is 40.9 Å². The van der Waals surface area contributed by atoms with E-state index in [0.717, 1.165) is 10.0 Å². The summed E-state index contributed by atoms with van der Waals surface area (Å²) < 4.78 is 22.4. The first-order valence-corrected chi connectivity index (χ1v) is 7.85. The van der Waals surface area contributed by atoms with Gasteiger partial charge in [-0.3, -0.25) is 0 Å². The molecular formula is C17H15BrN2O4. The molecule has 0 bridgehead atoms. The van der Waals surface area contributed by atoms with Crippen molar-refractivity contribution in [3.63, 3.8) is 0 Å². The van der Waals surface area contributed by atoms with E-state index in [1.807, 2.05) is 24.3 Å². The molecule has 0 spiro atoms. The van der Waals surface area contributed by atoms with Crippen molar-refractivity contribution in [2.24, 2.45) is 0 Å². The van der Waals surface area contributed by atoms with Crippen LogP contribution in [0.25, 0.3) is 22.8 Å². The van der Waals surface area contributed by atoms with E-state index < -0.39 is 0 Å². The smallest absolute Gasteiger partial charge is 0.262 e. The van der Waals surface area contributed by atoms with Gasteiger partial charge in [-0.05, 0) is 12.1 Å². The van der Waals surface area contributed by atoms with E-state index in [4.69, 9.17) is 18.7 Å². The van der Waals surface area contributed by atoms with Gasteiger partial charge in [0.1, 0.15) is 5.75 Å². The fourth-order valence-electron chi connectivity index (χ4n) is 2.27. The van der Waals surface area contributed by atoms with Crippen LogP contribution in [0, 0.1) is 0 Å². The zero-order valence-electron chi connectivity index (χ0n) is 13.4. The van der Waals surface area contributed by atoms with Crippen LogP contribution in [-0.4, -0.2) is 31.5 Å². The van der Waals surface area contributed by atoms with Gasteiger partial charge in [-0.1, -0.05) is 33.2 Å². The second-order valence-corrected chi connectivity index (χ2v) is 5.76. The van der Waals surface area contributed by atoms with Gasteiger partial charge in [0.05, 0.1) is 26.9 Å². The summed E-state index contributed by atoms with van der Waals surface area (Å²) >= 11 is 3.43. The maximum Gasteiger partial charge on any atom is 0.262 e. The van der Waals surface area contributed by atoms with Crippen LogP contribution in [0.5, 0.6) is 17.2 Å². The number of hydrogen-bond donors (Lipinski definition) is 0. The third-order valence-corrected chi connectivity index (χ3v) is 3.94. The van der Waals surface area contributed by atoms with Crippen molar-refractivity contribution in [2.75, 3.05) is 21.3 Å². The molecule has 1 aromatic heterocycles. The zero-order chi connectivity index (χ0) is 17.1. The Morgan fingerprint density at radius 1 is 0.917 bits per heavy atom. The number of benzene rings is 2. The van der Waals surface area contributed by atoms with Crippen molar-refractivity contribution >= 4 is 15.9 Å². The number of methoxy groups -OCH3 is 3. The van der Waals surface area contributed by atoms with Crippen LogP contribution < -0.4 is 14.2 Å². The molecule has 0 aliphatic heterocycles. The van der Waals surface area contributed by atoms with Crippen molar-refractivity contribution < 1.29 is 18.7 Å². The largest absolute Gasteiger partial charge is 0.496 e. The van der Waals surface area contributed by atoms with Crippen molar-refractivity contribution in [2.45, 2.75) is 0 Å². The number of rotatable bonds is 5. The first-order valence-electron chi connectivity index (χ1n) is 7.06. The Hall–Kier alpha value is -2.54. The molecule has 0 aliphatic carbocycles. The molecule has 0 saturated carbocycles. The van der Waals surface area contributed by atoms with Gasteiger partial charge in [-0.25, -0.2) is 0 Å². The number of ether oxygens (including phenoxy) is 3. The summed E-state index contributed by atoms with van der Waals surface area (Å²) in [4.78, 5) is 4.46. The summed E-state index contributed by atoms with van der Waals surface area (Å²) in [5.74, 6) is 2.49. The molecule has 124 valence electrons. The number of aromatic nitrogens is 2. The monoisotopic (exact) mass is 390 g/mol. The molecule has 0 fully saturated rings. The zero-order valence-corrected chi connectivity index (χ0v) is 15.0. The highest BCUT2D eigenvalue weighted by atomic mass is 79.9. The Morgan fingerprint density at radius 3 is 2.29 bits per heavy atom. The van der Waals surface area contributed by atoms with Crippen LogP contribution in [-0.2, 0) is 0 Å². The van der Waals surface area contributed by atoms with Gasteiger partial charge in [0.15, 0.2) is 11.5 Å². The quantitative estimate of drug-likeness (QED) is 0.650. The second-order valence-electron chi connectivity index (χ2n) is 4.84. The molecule has 6 nitrogen and oxygen atoms in total. The first-order chi connectivity index (χ1) is 11.7. The van der Waals surface area contributed by atoms with Crippen LogP contribution in [0.1, 0.15) is 0 Å². The lowest BCUT2D eigenvalue weighted by Gasteiger charge is -2.11. The van der Waals surface area contributed by atoms with E-state index in [9.17, 15) is 0 Å². The molecule has 2 aromatic carbocycles. The van der Waals surface area contributed by atoms with E-state index in [-0.39, 0.29) is 0 Å². The average molecular weight is 391 g/mol. The molecule has 3 aromatic rings. The lowest BCUT2D eigenvalue weighted by Crippen LogP contribution is -1.95. The minimum atomic E-state index is 0.336. The fourth-order valence-corrected chi connectivity index (χ4v) is 2.67. The molecule has 3 rings (SSSR count). The van der Waals surface area contributed by atoms with E-state index >= 15 is 0 Å². The molecule has 0 N–H and O–H groups in total. The first kappa shape index (κ1) is 16.3. The predicted molar refractivity (Wildman–Crippen MR) is 92.5 cm³/mol. The molecule has 0 amide bonds. The molecule has 7 heteroatoms. The van der Waals surface area contributed by atoms with Crippen molar-refractivity contribution in [1.29, 1.82) is 0 Å². The number of halogens is 1. The molecule has 0 unspecified atom stereocenters. The van der Waals surface area contributed by atoms with Gasteiger partial charge in [0, 0.05) is 22.2 Å². The van der Waals surface area contributed by atoms with Crippen LogP contribution in [0.2, 0.25) is 0 Å². The fraction of sp³-hybridized carbons (Fsp3) is 0.176.